The zero-order valence-electron chi connectivity index (χ0n) is 8.31. The fraction of sp³-hybridized carbons (Fsp3) is 0.200. The van der Waals surface area contributed by atoms with Gasteiger partial charge in [0.25, 0.3) is 6.43 Å². The number of benzene rings is 1. The van der Waals surface area contributed by atoms with Crippen LogP contribution in [-0.2, 0) is 4.79 Å². The number of nitrogens with one attached hydrogen (secondary N) is 1. The van der Waals surface area contributed by atoms with Crippen molar-refractivity contribution in [1.29, 1.82) is 5.26 Å². The van der Waals surface area contributed by atoms with E-state index in [1.54, 1.807) is 0 Å². The number of hydrogen-bond acceptors (Lipinski definition) is 2. The topological polar surface area (TPSA) is 52.9 Å². The maximum atomic E-state index is 13.4. The number of hydrogen-bond donors (Lipinski definition) is 1. The molecule has 0 aliphatic carbocycles. The Kier molecular flexibility index (Phi) is 4.04. The molecule has 0 aromatic heterocycles. The number of nitriles is 1. The van der Waals surface area contributed by atoms with Crippen LogP contribution in [0.3, 0.4) is 0 Å². The molecule has 0 saturated carbocycles. The van der Waals surface area contributed by atoms with E-state index in [9.17, 15) is 22.4 Å². The Morgan fingerprint density at radius 3 is 2.59 bits per heavy atom. The number of carbonyl (C=O) groups is 1. The normalized spacial score (nSPS) is 10.1. The van der Waals surface area contributed by atoms with Crippen LogP contribution >= 0.6 is 0 Å². The van der Waals surface area contributed by atoms with Crippen molar-refractivity contribution in [2.24, 2.45) is 0 Å². The minimum absolute atomic E-state index is 0.555. The molecule has 0 aliphatic rings. The van der Waals surface area contributed by atoms with Gasteiger partial charge in [-0.3, -0.25) is 4.79 Å². The molecule has 17 heavy (non-hydrogen) atoms. The van der Waals surface area contributed by atoms with Gasteiger partial charge in [-0.1, -0.05) is 0 Å². The summed E-state index contributed by atoms with van der Waals surface area (Å²) < 4.78 is 50.9. The Bertz CT molecular complexity index is 482. The van der Waals surface area contributed by atoms with Crippen LogP contribution in [0.1, 0.15) is 18.4 Å². The first-order valence-corrected chi connectivity index (χ1v) is 4.40. The first kappa shape index (κ1) is 13.0. The van der Waals surface area contributed by atoms with Gasteiger partial charge in [0.2, 0.25) is 5.91 Å². The molecule has 0 unspecified atom stereocenters. The monoisotopic (exact) mass is 246 g/mol. The summed E-state index contributed by atoms with van der Waals surface area (Å²) in [6.45, 7) is 0. The van der Waals surface area contributed by atoms with Gasteiger partial charge in [0.05, 0.1) is 17.3 Å². The summed E-state index contributed by atoms with van der Waals surface area (Å²) in [4.78, 5) is 10.9. The zero-order chi connectivity index (χ0) is 13.0. The van der Waals surface area contributed by atoms with Crippen molar-refractivity contribution in [3.8, 4) is 6.07 Å². The molecule has 0 spiro atoms. The van der Waals surface area contributed by atoms with Gasteiger partial charge >= 0.3 is 0 Å². The third-order valence-corrected chi connectivity index (χ3v) is 1.86. The van der Waals surface area contributed by atoms with Crippen LogP contribution in [0.5, 0.6) is 0 Å². The molecule has 0 heterocycles. The predicted molar refractivity (Wildman–Crippen MR) is 50.2 cm³/mol. The number of carbonyl (C=O) groups excluding carboxylic acids is 1. The third-order valence-electron chi connectivity index (χ3n) is 1.86. The van der Waals surface area contributed by atoms with E-state index < -0.39 is 41.6 Å². The summed E-state index contributed by atoms with van der Waals surface area (Å²) in [6.07, 6.45) is -3.89. The quantitative estimate of drug-likeness (QED) is 0.833. The molecule has 0 bridgehead atoms. The van der Waals surface area contributed by atoms with Crippen molar-refractivity contribution >= 4 is 11.6 Å². The first-order chi connectivity index (χ1) is 7.97. The predicted octanol–water partition coefficient (Wildman–Crippen LogP) is 2.75. The number of halogens is 4. The van der Waals surface area contributed by atoms with Gasteiger partial charge in [0, 0.05) is 0 Å². The number of alkyl halides is 2. The second kappa shape index (κ2) is 5.30. The lowest BCUT2D eigenvalue weighted by atomic mass is 10.1. The molecule has 1 rings (SSSR count). The van der Waals surface area contributed by atoms with Crippen molar-refractivity contribution < 1.29 is 22.4 Å². The second-order valence-corrected chi connectivity index (χ2v) is 3.01. The highest BCUT2D eigenvalue weighted by Crippen LogP contribution is 2.29. The van der Waals surface area contributed by atoms with Gasteiger partial charge in [-0.2, -0.15) is 5.26 Å². The fourth-order valence-corrected chi connectivity index (χ4v) is 1.13. The molecular weight excluding hydrogens is 240 g/mol. The average molecular weight is 246 g/mol. The highest BCUT2D eigenvalue weighted by atomic mass is 19.3. The largest absolute Gasteiger partial charge is 0.323 e. The van der Waals surface area contributed by atoms with Gasteiger partial charge in [0.15, 0.2) is 5.82 Å². The summed E-state index contributed by atoms with van der Waals surface area (Å²) in [5, 5.41) is 10.1. The SMILES string of the molecule is N#CCC(=O)Nc1ccc(F)c(C(F)F)c1F. The van der Waals surface area contributed by atoms with E-state index in [-0.39, 0.29) is 0 Å². The van der Waals surface area contributed by atoms with Gasteiger partial charge < -0.3 is 5.32 Å². The zero-order valence-corrected chi connectivity index (χ0v) is 8.31. The molecule has 1 amide bonds. The molecule has 3 nitrogen and oxygen atoms in total. The molecular formula is C10H6F4N2O. The van der Waals surface area contributed by atoms with Crippen LogP contribution in [0.4, 0.5) is 23.2 Å². The Balaban J connectivity index is 3.07. The Morgan fingerprint density at radius 2 is 2.06 bits per heavy atom. The van der Waals surface area contributed by atoms with Crippen LogP contribution in [0, 0.1) is 23.0 Å². The van der Waals surface area contributed by atoms with E-state index >= 15 is 0 Å². The van der Waals surface area contributed by atoms with Crippen molar-refractivity contribution in [2.75, 3.05) is 5.32 Å². The maximum Gasteiger partial charge on any atom is 0.269 e. The molecule has 1 N–H and O–H groups in total. The molecule has 0 radical (unpaired) electrons. The van der Waals surface area contributed by atoms with Crippen molar-refractivity contribution in [2.45, 2.75) is 12.8 Å². The first-order valence-electron chi connectivity index (χ1n) is 4.40. The third kappa shape index (κ3) is 2.93. The van der Waals surface area contributed by atoms with E-state index in [4.69, 9.17) is 5.26 Å². The molecule has 1 aromatic rings. The van der Waals surface area contributed by atoms with E-state index in [0.717, 1.165) is 6.07 Å². The van der Waals surface area contributed by atoms with E-state index in [0.29, 0.717) is 6.07 Å². The van der Waals surface area contributed by atoms with Crippen LogP contribution < -0.4 is 5.32 Å². The minimum atomic E-state index is -3.33. The Morgan fingerprint density at radius 1 is 1.41 bits per heavy atom. The lowest BCUT2D eigenvalue weighted by molar-refractivity contribution is -0.115. The highest BCUT2D eigenvalue weighted by Gasteiger charge is 2.22. The van der Waals surface area contributed by atoms with Crippen molar-refractivity contribution in [3.05, 3.63) is 29.3 Å². The van der Waals surface area contributed by atoms with Crippen LogP contribution in [0.15, 0.2) is 12.1 Å². The minimum Gasteiger partial charge on any atom is -0.323 e. The summed E-state index contributed by atoms with van der Waals surface area (Å²) in [6, 6.07) is 2.93. The van der Waals surface area contributed by atoms with E-state index in [1.807, 2.05) is 5.32 Å². The van der Waals surface area contributed by atoms with Gasteiger partial charge in [0.1, 0.15) is 12.2 Å². The number of anilines is 1. The molecule has 0 atom stereocenters. The summed E-state index contributed by atoms with van der Waals surface area (Å²) >= 11 is 0. The second-order valence-electron chi connectivity index (χ2n) is 3.01. The molecule has 90 valence electrons. The Labute approximate surface area is 93.7 Å². The average Bonchev–Trinajstić information content (AvgIpc) is 2.22. The smallest absolute Gasteiger partial charge is 0.269 e. The maximum absolute atomic E-state index is 13.4. The van der Waals surface area contributed by atoms with E-state index in [2.05, 4.69) is 0 Å². The molecule has 7 heteroatoms. The highest BCUT2D eigenvalue weighted by molar-refractivity contribution is 5.92. The lowest BCUT2D eigenvalue weighted by Gasteiger charge is -2.09. The van der Waals surface area contributed by atoms with Crippen molar-refractivity contribution in [1.82, 2.24) is 0 Å². The fourth-order valence-electron chi connectivity index (χ4n) is 1.13. The standard InChI is InChI=1S/C10H6F4N2O/c11-5-1-2-6(16-7(17)3-4-15)9(12)8(5)10(13)14/h1-2,10H,3H2,(H,16,17). The molecule has 0 saturated heterocycles. The van der Waals surface area contributed by atoms with E-state index in [1.165, 1.54) is 6.07 Å². The summed E-state index contributed by atoms with van der Waals surface area (Å²) in [5.74, 6) is -3.79. The number of amides is 1. The number of rotatable bonds is 3. The van der Waals surface area contributed by atoms with Crippen LogP contribution in [-0.4, -0.2) is 5.91 Å². The molecule has 0 aliphatic heterocycles. The number of nitrogens with zero attached hydrogens (tertiary/aromatic N) is 1. The van der Waals surface area contributed by atoms with Gasteiger partial charge in [-0.05, 0) is 12.1 Å². The van der Waals surface area contributed by atoms with Crippen molar-refractivity contribution in [3.63, 3.8) is 0 Å². The van der Waals surface area contributed by atoms with Gasteiger partial charge in [-0.25, -0.2) is 17.6 Å². The summed E-state index contributed by atoms with van der Waals surface area (Å²) in [5.41, 5.74) is -1.98. The van der Waals surface area contributed by atoms with Gasteiger partial charge in [-0.15, -0.1) is 0 Å². The van der Waals surface area contributed by atoms with Crippen LogP contribution in [0.2, 0.25) is 0 Å². The van der Waals surface area contributed by atoms with Crippen LogP contribution in [0.25, 0.3) is 0 Å². The summed E-state index contributed by atoms with van der Waals surface area (Å²) in [7, 11) is 0. The molecule has 1 aromatic carbocycles. The lowest BCUT2D eigenvalue weighted by Crippen LogP contribution is -2.13. The Hall–Kier alpha value is -2.10. The molecule has 0 fully saturated rings.